The van der Waals surface area contributed by atoms with Gasteiger partial charge in [0.05, 0.1) is 0 Å². The number of carbonyl (C=O) groups is 1. The molecule has 1 aromatic heterocycles. The summed E-state index contributed by atoms with van der Waals surface area (Å²) < 4.78 is 0. The highest BCUT2D eigenvalue weighted by atomic mass is 16.1. The number of pyridine rings is 1. The van der Waals surface area contributed by atoms with E-state index in [0.29, 0.717) is 13.0 Å². The summed E-state index contributed by atoms with van der Waals surface area (Å²) in [7, 11) is 0. The Kier molecular flexibility index (Phi) is 5.11. The molecule has 1 N–H and O–H groups in total. The second-order valence-electron chi connectivity index (χ2n) is 4.77. The molecule has 2 aromatic rings. The van der Waals surface area contributed by atoms with Crippen LogP contribution >= 0.6 is 0 Å². The first-order valence-corrected chi connectivity index (χ1v) is 6.93. The number of rotatable bonds is 3. The normalized spacial score (nSPS) is 9.62. The van der Waals surface area contributed by atoms with Crippen molar-refractivity contribution in [3.63, 3.8) is 0 Å². The molecule has 0 aliphatic heterocycles. The molecule has 0 saturated carbocycles. The van der Waals surface area contributed by atoms with Gasteiger partial charge in [-0.05, 0) is 49.1 Å². The fraction of sp³-hybridized carbons (Fsp3) is 0.222. The molecule has 0 saturated heterocycles. The fourth-order valence-corrected chi connectivity index (χ4v) is 1.92. The highest BCUT2D eigenvalue weighted by Gasteiger charge is 2.08. The van der Waals surface area contributed by atoms with E-state index in [4.69, 9.17) is 0 Å². The third-order valence-electron chi connectivity index (χ3n) is 3.27. The number of aryl methyl sites for hydroxylation is 1. The maximum atomic E-state index is 12.1. The van der Waals surface area contributed by atoms with Crippen LogP contribution in [0.5, 0.6) is 0 Å². The van der Waals surface area contributed by atoms with Crippen molar-refractivity contribution < 1.29 is 4.79 Å². The van der Waals surface area contributed by atoms with Gasteiger partial charge < -0.3 is 5.32 Å². The van der Waals surface area contributed by atoms with E-state index >= 15 is 0 Å². The van der Waals surface area contributed by atoms with Crippen LogP contribution in [-0.2, 0) is 0 Å². The number of hydrogen-bond donors (Lipinski definition) is 1. The largest absolute Gasteiger partial charge is 0.351 e. The lowest BCUT2D eigenvalue weighted by molar-refractivity contribution is 0.0954. The van der Waals surface area contributed by atoms with Crippen LogP contribution < -0.4 is 5.32 Å². The van der Waals surface area contributed by atoms with Gasteiger partial charge in [-0.2, -0.15) is 0 Å². The van der Waals surface area contributed by atoms with E-state index in [0.717, 1.165) is 22.4 Å². The molecule has 2 rings (SSSR count). The summed E-state index contributed by atoms with van der Waals surface area (Å²) in [4.78, 5) is 16.2. The smallest absolute Gasteiger partial charge is 0.251 e. The number of nitrogens with one attached hydrogen (secondary N) is 1. The quantitative estimate of drug-likeness (QED) is 0.693. The van der Waals surface area contributed by atoms with Gasteiger partial charge in [0.2, 0.25) is 0 Å². The first-order valence-electron chi connectivity index (χ1n) is 6.93. The Labute approximate surface area is 125 Å². The molecule has 0 bridgehead atoms. The summed E-state index contributed by atoms with van der Waals surface area (Å²) in [6.45, 7) is 4.50. The van der Waals surface area contributed by atoms with Crippen LogP contribution in [0.4, 0.5) is 0 Å². The van der Waals surface area contributed by atoms with E-state index < -0.39 is 0 Å². The molecule has 0 spiro atoms. The van der Waals surface area contributed by atoms with Crippen LogP contribution in [0.15, 0.2) is 42.6 Å². The van der Waals surface area contributed by atoms with Crippen molar-refractivity contribution in [1.82, 2.24) is 10.3 Å². The fourth-order valence-electron chi connectivity index (χ4n) is 1.92. The van der Waals surface area contributed by atoms with Gasteiger partial charge in [0.1, 0.15) is 5.69 Å². The number of amides is 1. The molecule has 1 heterocycles. The van der Waals surface area contributed by atoms with Crippen molar-refractivity contribution in [3.05, 3.63) is 65.0 Å². The van der Waals surface area contributed by atoms with E-state index in [2.05, 4.69) is 22.1 Å². The van der Waals surface area contributed by atoms with E-state index in [1.54, 1.807) is 6.20 Å². The van der Waals surface area contributed by atoms with Crippen molar-refractivity contribution >= 4 is 5.91 Å². The first-order chi connectivity index (χ1) is 10.2. The Morgan fingerprint density at radius 2 is 2.05 bits per heavy atom. The predicted molar refractivity (Wildman–Crippen MR) is 84.0 cm³/mol. The number of hydrogen-bond acceptors (Lipinski definition) is 2. The SMILES string of the molecule is Cc1cccc(C(=O)NCCC#Cc2ccccn2)c1C. The van der Waals surface area contributed by atoms with Crippen molar-refractivity contribution in [3.8, 4) is 11.8 Å². The molecular weight excluding hydrogens is 260 g/mol. The average Bonchev–Trinajstić information content (AvgIpc) is 2.50. The topological polar surface area (TPSA) is 42.0 Å². The van der Waals surface area contributed by atoms with Crippen LogP contribution in [0.2, 0.25) is 0 Å². The summed E-state index contributed by atoms with van der Waals surface area (Å²) in [5.74, 6) is 5.93. The minimum absolute atomic E-state index is 0.0455. The number of carbonyl (C=O) groups excluding carboxylic acids is 1. The van der Waals surface area contributed by atoms with E-state index in [1.807, 2.05) is 50.2 Å². The van der Waals surface area contributed by atoms with Gasteiger partial charge in [-0.1, -0.05) is 24.1 Å². The molecule has 0 radical (unpaired) electrons. The second kappa shape index (κ2) is 7.25. The molecule has 1 aromatic carbocycles. The highest BCUT2D eigenvalue weighted by molar-refractivity contribution is 5.95. The Morgan fingerprint density at radius 3 is 2.81 bits per heavy atom. The minimum atomic E-state index is -0.0455. The Morgan fingerprint density at radius 1 is 1.19 bits per heavy atom. The molecule has 0 aliphatic carbocycles. The zero-order chi connectivity index (χ0) is 15.1. The maximum absolute atomic E-state index is 12.1. The van der Waals surface area contributed by atoms with Crippen LogP contribution in [0.1, 0.15) is 33.6 Å². The summed E-state index contributed by atoms with van der Waals surface area (Å²) >= 11 is 0. The molecule has 0 fully saturated rings. The summed E-state index contributed by atoms with van der Waals surface area (Å²) in [5, 5.41) is 2.89. The van der Waals surface area contributed by atoms with Gasteiger partial charge >= 0.3 is 0 Å². The molecule has 0 aliphatic rings. The third-order valence-corrected chi connectivity index (χ3v) is 3.27. The molecule has 0 atom stereocenters. The first kappa shape index (κ1) is 14.8. The molecule has 0 unspecified atom stereocenters. The minimum Gasteiger partial charge on any atom is -0.351 e. The van der Waals surface area contributed by atoms with E-state index in [-0.39, 0.29) is 5.91 Å². The van der Waals surface area contributed by atoms with Gasteiger partial charge in [-0.25, -0.2) is 4.98 Å². The monoisotopic (exact) mass is 278 g/mol. The second-order valence-corrected chi connectivity index (χ2v) is 4.77. The number of nitrogens with zero attached hydrogens (tertiary/aromatic N) is 1. The van der Waals surface area contributed by atoms with Gasteiger partial charge in [0.25, 0.3) is 5.91 Å². The number of benzene rings is 1. The Hall–Kier alpha value is -2.60. The molecule has 1 amide bonds. The van der Waals surface area contributed by atoms with Gasteiger partial charge in [-0.15, -0.1) is 0 Å². The van der Waals surface area contributed by atoms with Crippen molar-refractivity contribution in [2.24, 2.45) is 0 Å². The zero-order valence-corrected chi connectivity index (χ0v) is 12.3. The van der Waals surface area contributed by atoms with Crippen molar-refractivity contribution in [2.45, 2.75) is 20.3 Å². The lowest BCUT2D eigenvalue weighted by Crippen LogP contribution is -2.25. The van der Waals surface area contributed by atoms with Gasteiger partial charge in [-0.3, -0.25) is 4.79 Å². The highest BCUT2D eigenvalue weighted by Crippen LogP contribution is 2.12. The van der Waals surface area contributed by atoms with E-state index in [1.165, 1.54) is 0 Å². The third kappa shape index (κ3) is 4.19. The summed E-state index contributed by atoms with van der Waals surface area (Å²) in [6.07, 6.45) is 2.32. The molecule has 21 heavy (non-hydrogen) atoms. The Balaban J connectivity index is 1.85. The lowest BCUT2D eigenvalue weighted by Gasteiger charge is -2.08. The summed E-state index contributed by atoms with van der Waals surface area (Å²) in [6, 6.07) is 11.4. The predicted octanol–water partition coefficient (Wildman–Crippen LogP) is 2.87. The van der Waals surface area contributed by atoms with Crippen LogP contribution in [0.3, 0.4) is 0 Å². The number of aromatic nitrogens is 1. The van der Waals surface area contributed by atoms with Gasteiger partial charge in [0, 0.05) is 24.7 Å². The molecule has 106 valence electrons. The van der Waals surface area contributed by atoms with Crippen LogP contribution in [-0.4, -0.2) is 17.4 Å². The van der Waals surface area contributed by atoms with Crippen LogP contribution in [0.25, 0.3) is 0 Å². The molecular formula is C18H18N2O. The van der Waals surface area contributed by atoms with Crippen molar-refractivity contribution in [1.29, 1.82) is 0 Å². The maximum Gasteiger partial charge on any atom is 0.251 e. The zero-order valence-electron chi connectivity index (χ0n) is 12.3. The van der Waals surface area contributed by atoms with Crippen LogP contribution in [0, 0.1) is 25.7 Å². The molecule has 3 heteroatoms. The standard InChI is InChI=1S/C18H18N2O/c1-14-8-7-11-17(15(14)2)18(21)20-13-6-4-10-16-9-3-5-12-19-16/h3,5,7-9,11-12H,6,13H2,1-2H3,(H,20,21). The summed E-state index contributed by atoms with van der Waals surface area (Å²) in [5.41, 5.74) is 3.62. The van der Waals surface area contributed by atoms with E-state index in [9.17, 15) is 4.79 Å². The van der Waals surface area contributed by atoms with Gasteiger partial charge in [0.15, 0.2) is 0 Å². The van der Waals surface area contributed by atoms with Crippen molar-refractivity contribution in [2.75, 3.05) is 6.54 Å². The Bertz CT molecular complexity index is 681. The lowest BCUT2D eigenvalue weighted by atomic mass is 10.0. The average molecular weight is 278 g/mol. The molecule has 3 nitrogen and oxygen atoms in total.